The molecule has 12 fully saturated rings. The van der Waals surface area contributed by atoms with Crippen LogP contribution in [0.25, 0.3) is 0 Å². The van der Waals surface area contributed by atoms with Crippen molar-refractivity contribution in [3.05, 3.63) is 0 Å². The van der Waals surface area contributed by atoms with Crippen LogP contribution in [0.1, 0.15) is 244 Å². The van der Waals surface area contributed by atoms with E-state index in [0.29, 0.717) is 35.5 Å². The number of carbonyl (C=O) groups is 4. The highest BCUT2D eigenvalue weighted by Gasteiger charge is 2.60. The Kier molecular flexibility index (Phi) is 17.2. The highest BCUT2D eigenvalue weighted by Crippen LogP contribution is 2.62. The minimum Gasteiger partial charge on any atom is -0.459 e. The van der Waals surface area contributed by atoms with E-state index < -0.39 is 0 Å². The number of hydrogen-bond acceptors (Lipinski definition) is 8. The van der Waals surface area contributed by atoms with Gasteiger partial charge >= 0.3 is 23.9 Å². The third kappa shape index (κ3) is 11.2. The second-order valence-corrected chi connectivity index (χ2v) is 26.8. The Hall–Kier alpha value is -2.12. The SMILES string of the molecule is CCC(C)(C)C(=O)OC1(CC)C2CC3CC(C2)CC1C3.CCC(C)C(=O)OC1(C)C2CC3CC(C2)CC1C3.CCC(C)C(=O)OC1(C)CC2CCC1C2.CCC(C)C(=O)OC1(CC)CC2CCC1C2. The lowest BCUT2D eigenvalue weighted by Crippen LogP contribution is -2.60. The van der Waals surface area contributed by atoms with Crippen LogP contribution in [0, 0.1) is 94.2 Å². The number of esters is 4. The molecule has 12 saturated carbocycles. The maximum atomic E-state index is 12.6. The Morgan fingerprint density at radius 1 is 0.464 bits per heavy atom. The summed E-state index contributed by atoms with van der Waals surface area (Å²) in [4.78, 5) is 48.5. The predicted molar refractivity (Wildman–Crippen MR) is 275 cm³/mol. The minimum absolute atomic E-state index is 0.00699. The van der Waals surface area contributed by atoms with E-state index in [1.54, 1.807) is 0 Å². The van der Waals surface area contributed by atoms with E-state index in [9.17, 15) is 19.2 Å². The summed E-state index contributed by atoms with van der Waals surface area (Å²) in [6.07, 6.45) is 28.9. The van der Waals surface area contributed by atoms with Crippen LogP contribution >= 0.6 is 0 Å². The lowest BCUT2D eigenvalue weighted by atomic mass is 9.49. The quantitative estimate of drug-likeness (QED) is 0.125. The molecule has 0 N–H and O–H groups in total. The molecule has 0 saturated heterocycles. The molecule has 69 heavy (non-hydrogen) atoms. The van der Waals surface area contributed by atoms with E-state index in [2.05, 4.69) is 41.5 Å². The summed E-state index contributed by atoms with van der Waals surface area (Å²) in [6.45, 7) is 26.9. The van der Waals surface area contributed by atoms with Gasteiger partial charge in [0, 0.05) is 0 Å². The van der Waals surface area contributed by atoms with Crippen LogP contribution in [0.15, 0.2) is 0 Å². The third-order valence-electron chi connectivity index (χ3n) is 22.2. The van der Waals surface area contributed by atoms with Crippen LogP contribution in [-0.2, 0) is 38.1 Å². The first kappa shape index (κ1) is 54.6. The van der Waals surface area contributed by atoms with Gasteiger partial charge in [0.15, 0.2) is 0 Å². The molecule has 0 aromatic rings. The molecule has 394 valence electrons. The standard InChI is InChI=1S/C18H30O2.C16H26O2.C14H24O2.C13H22O2/c1-5-17(3,4)16(19)20-18(6-2)14-8-12-7-13(10-14)11-15(18)9-12;1-4-10(2)15(17)18-16(3)13-6-11-5-12(8-13)9-14(16)7-11;1-4-10(3)13(15)16-14(5-2)9-11-6-7-12(14)8-11;1-4-9(2)12(14)15-13(3)8-10-5-6-11(13)7-10/h12-15H,5-11H2,1-4H3;10-14H,4-9H2,1-3H3;10-12H,4-9H2,1-3H3;9-11H,4-8H2,1-3H3. The van der Waals surface area contributed by atoms with Gasteiger partial charge in [0.25, 0.3) is 0 Å². The number of hydrogen-bond donors (Lipinski definition) is 0. The maximum Gasteiger partial charge on any atom is 0.312 e. The molecule has 12 aliphatic rings. The average Bonchev–Trinajstić information content (AvgIpc) is 4.14. The Labute approximate surface area is 421 Å². The van der Waals surface area contributed by atoms with E-state index in [-0.39, 0.29) is 69.5 Å². The van der Waals surface area contributed by atoms with Crippen LogP contribution in [-0.4, -0.2) is 46.3 Å². The second-order valence-electron chi connectivity index (χ2n) is 26.8. The van der Waals surface area contributed by atoms with Gasteiger partial charge in [-0.2, -0.15) is 0 Å². The van der Waals surface area contributed by atoms with E-state index in [1.165, 1.54) is 103 Å². The molecule has 8 heteroatoms. The van der Waals surface area contributed by atoms with Crippen LogP contribution in [0.3, 0.4) is 0 Å². The molecule has 0 aliphatic heterocycles. The summed E-state index contributed by atoms with van der Waals surface area (Å²) < 4.78 is 24.0. The van der Waals surface area contributed by atoms with Crippen molar-refractivity contribution < 1.29 is 38.1 Å². The maximum absolute atomic E-state index is 12.6. The zero-order valence-corrected chi connectivity index (χ0v) is 46.4. The van der Waals surface area contributed by atoms with Crippen molar-refractivity contribution in [2.75, 3.05) is 0 Å². The summed E-state index contributed by atoms with van der Waals surface area (Å²) in [6, 6.07) is 0. The first-order chi connectivity index (χ1) is 32.6. The first-order valence-corrected chi connectivity index (χ1v) is 29.5. The third-order valence-corrected chi connectivity index (χ3v) is 22.2. The molecule has 0 aromatic heterocycles. The Morgan fingerprint density at radius 3 is 1.23 bits per heavy atom. The van der Waals surface area contributed by atoms with Gasteiger partial charge < -0.3 is 18.9 Å². The molecule has 12 rings (SSSR count). The summed E-state index contributed by atoms with van der Waals surface area (Å²) >= 11 is 0. The minimum atomic E-state index is -0.336. The van der Waals surface area contributed by atoms with Gasteiger partial charge in [0.1, 0.15) is 22.4 Å². The van der Waals surface area contributed by atoms with Gasteiger partial charge in [-0.05, 0) is 253 Å². The van der Waals surface area contributed by atoms with E-state index >= 15 is 0 Å². The molecule has 9 unspecified atom stereocenters. The van der Waals surface area contributed by atoms with Crippen LogP contribution in [0.5, 0.6) is 0 Å². The highest BCUT2D eigenvalue weighted by molar-refractivity contribution is 5.76. The molecule has 0 heterocycles. The average molecular weight is 963 g/mol. The van der Waals surface area contributed by atoms with Crippen molar-refractivity contribution in [3.8, 4) is 0 Å². The monoisotopic (exact) mass is 963 g/mol. The lowest BCUT2D eigenvalue weighted by Gasteiger charge is -2.60. The van der Waals surface area contributed by atoms with Crippen LogP contribution in [0.2, 0.25) is 0 Å². The molecular formula is C61H102O8. The molecule has 8 nitrogen and oxygen atoms in total. The summed E-state index contributed by atoms with van der Waals surface area (Å²) in [5.74, 6) is 9.49. The lowest BCUT2D eigenvalue weighted by molar-refractivity contribution is -0.218. The van der Waals surface area contributed by atoms with Gasteiger partial charge in [0.05, 0.1) is 23.2 Å². The van der Waals surface area contributed by atoms with Gasteiger partial charge in [-0.1, -0.05) is 62.3 Å². The Bertz CT molecular complexity index is 1730. The van der Waals surface area contributed by atoms with Crippen molar-refractivity contribution in [2.24, 2.45) is 94.2 Å². The van der Waals surface area contributed by atoms with E-state index in [1.807, 2.05) is 48.5 Å². The number of rotatable bonds is 14. The fourth-order valence-corrected chi connectivity index (χ4v) is 16.7. The molecule has 0 aromatic carbocycles. The number of ether oxygens (including phenoxy) is 4. The summed E-state index contributed by atoms with van der Waals surface area (Å²) in [5.41, 5.74) is -0.839. The number of fused-ring (bicyclic) bond motifs is 4. The Balaban J connectivity index is 0.000000137. The smallest absolute Gasteiger partial charge is 0.312 e. The highest BCUT2D eigenvalue weighted by atomic mass is 16.6. The topological polar surface area (TPSA) is 105 Å². The van der Waals surface area contributed by atoms with Crippen molar-refractivity contribution in [1.82, 2.24) is 0 Å². The molecular weight excluding hydrogens is 861 g/mol. The van der Waals surface area contributed by atoms with Crippen molar-refractivity contribution in [1.29, 1.82) is 0 Å². The van der Waals surface area contributed by atoms with Crippen molar-refractivity contribution in [3.63, 3.8) is 0 Å². The predicted octanol–water partition coefficient (Wildman–Crippen LogP) is 15.1. The molecule has 9 atom stereocenters. The normalized spacial score (nSPS) is 42.4. The molecule has 0 spiro atoms. The molecule has 12 aliphatic carbocycles. The molecule has 12 bridgehead atoms. The largest absolute Gasteiger partial charge is 0.459 e. The van der Waals surface area contributed by atoms with Crippen molar-refractivity contribution >= 4 is 23.9 Å². The van der Waals surface area contributed by atoms with Gasteiger partial charge in [0.2, 0.25) is 0 Å². The van der Waals surface area contributed by atoms with E-state index in [4.69, 9.17) is 18.9 Å². The van der Waals surface area contributed by atoms with Crippen molar-refractivity contribution in [2.45, 2.75) is 267 Å². The fourth-order valence-electron chi connectivity index (χ4n) is 16.7. The zero-order valence-electron chi connectivity index (χ0n) is 46.4. The molecule has 0 amide bonds. The Morgan fingerprint density at radius 2 is 0.870 bits per heavy atom. The summed E-state index contributed by atoms with van der Waals surface area (Å²) in [5, 5.41) is 0. The fraction of sp³-hybridized carbons (Fsp3) is 0.934. The first-order valence-electron chi connectivity index (χ1n) is 29.5. The van der Waals surface area contributed by atoms with Crippen LogP contribution < -0.4 is 0 Å². The van der Waals surface area contributed by atoms with E-state index in [0.717, 1.165) is 86.9 Å². The summed E-state index contributed by atoms with van der Waals surface area (Å²) in [7, 11) is 0. The number of carbonyl (C=O) groups excluding carboxylic acids is 4. The van der Waals surface area contributed by atoms with Gasteiger partial charge in [-0.3, -0.25) is 19.2 Å². The van der Waals surface area contributed by atoms with Gasteiger partial charge in [-0.15, -0.1) is 0 Å². The van der Waals surface area contributed by atoms with Crippen LogP contribution in [0.4, 0.5) is 0 Å². The van der Waals surface area contributed by atoms with Gasteiger partial charge in [-0.25, -0.2) is 0 Å². The molecule has 0 radical (unpaired) electrons. The second kappa shape index (κ2) is 21.8. The zero-order chi connectivity index (χ0) is 50.3.